The maximum absolute atomic E-state index is 12.1. The number of para-hydroxylation sites is 1. The van der Waals surface area contributed by atoms with Crippen LogP contribution in [-0.2, 0) is 14.8 Å². The van der Waals surface area contributed by atoms with Gasteiger partial charge in [0.25, 0.3) is 10.0 Å². The average molecular weight is 387 g/mol. The van der Waals surface area contributed by atoms with Gasteiger partial charge < -0.3 is 15.0 Å². The molecule has 2 aromatic rings. The molecule has 0 bridgehead atoms. The lowest BCUT2D eigenvalue weighted by Crippen LogP contribution is -2.39. The van der Waals surface area contributed by atoms with Crippen molar-refractivity contribution in [2.24, 2.45) is 4.40 Å². The van der Waals surface area contributed by atoms with Gasteiger partial charge in [0.15, 0.2) is 5.84 Å². The summed E-state index contributed by atoms with van der Waals surface area (Å²) >= 11 is 0. The van der Waals surface area contributed by atoms with Gasteiger partial charge in [0.05, 0.1) is 13.1 Å². The highest BCUT2D eigenvalue weighted by atomic mass is 32.2. The summed E-state index contributed by atoms with van der Waals surface area (Å²) < 4.78 is 33.6. The number of carbonyl (C=O) groups excluding carboxylic acids is 1. The molecule has 27 heavy (non-hydrogen) atoms. The van der Waals surface area contributed by atoms with Crippen molar-refractivity contribution in [3.8, 4) is 5.75 Å². The smallest absolute Gasteiger partial charge is 0.285 e. The first kappa shape index (κ1) is 18.9. The molecule has 1 heterocycles. The lowest BCUT2D eigenvalue weighted by Gasteiger charge is -2.18. The maximum atomic E-state index is 12.1. The van der Waals surface area contributed by atoms with E-state index in [4.69, 9.17) is 4.74 Å². The van der Waals surface area contributed by atoms with E-state index in [1.54, 1.807) is 25.2 Å². The van der Waals surface area contributed by atoms with Crippen molar-refractivity contribution in [3.63, 3.8) is 0 Å². The third kappa shape index (κ3) is 4.28. The number of ether oxygens (including phenoxy) is 1. The van der Waals surface area contributed by atoms with E-state index >= 15 is 0 Å². The Hall–Kier alpha value is -2.87. The van der Waals surface area contributed by atoms with E-state index in [1.807, 2.05) is 31.2 Å². The van der Waals surface area contributed by atoms with Crippen LogP contribution >= 0.6 is 0 Å². The fraction of sp³-hybridized carbons (Fsp3) is 0.263. The molecule has 1 amide bonds. The highest BCUT2D eigenvalue weighted by Crippen LogP contribution is 2.26. The first-order valence-electron chi connectivity index (χ1n) is 8.49. The van der Waals surface area contributed by atoms with Crippen LogP contribution in [0.1, 0.15) is 11.1 Å². The summed E-state index contributed by atoms with van der Waals surface area (Å²) in [6.07, 6.45) is 0. The first-order chi connectivity index (χ1) is 12.9. The van der Waals surface area contributed by atoms with Crippen LogP contribution in [0.2, 0.25) is 0 Å². The Kier molecular flexibility index (Phi) is 5.46. The van der Waals surface area contributed by atoms with E-state index in [2.05, 4.69) is 9.71 Å². The molecule has 8 heteroatoms. The second-order valence-corrected chi connectivity index (χ2v) is 7.78. The summed E-state index contributed by atoms with van der Waals surface area (Å²) in [5.41, 5.74) is 1.54. The number of hydrogen-bond acceptors (Lipinski definition) is 5. The molecule has 2 aromatic carbocycles. The summed E-state index contributed by atoms with van der Waals surface area (Å²) in [6.45, 7) is 2.64. The molecule has 0 atom stereocenters. The van der Waals surface area contributed by atoms with Gasteiger partial charge in [-0.25, -0.2) is 0 Å². The van der Waals surface area contributed by atoms with E-state index in [0.29, 0.717) is 18.7 Å². The van der Waals surface area contributed by atoms with Crippen LogP contribution in [0.15, 0.2) is 57.8 Å². The molecule has 0 fully saturated rings. The van der Waals surface area contributed by atoms with Crippen molar-refractivity contribution < 1.29 is 17.9 Å². The van der Waals surface area contributed by atoms with Crippen molar-refractivity contribution in [3.05, 3.63) is 59.7 Å². The number of hydrogen-bond donors (Lipinski definition) is 1. The maximum Gasteiger partial charge on any atom is 0.285 e. The number of aryl methyl sites for hydroxylation is 1. The quantitative estimate of drug-likeness (QED) is 0.760. The van der Waals surface area contributed by atoms with Crippen molar-refractivity contribution in [2.45, 2.75) is 11.8 Å². The van der Waals surface area contributed by atoms with E-state index in [1.165, 1.54) is 11.0 Å². The van der Waals surface area contributed by atoms with Crippen molar-refractivity contribution in [2.75, 3.05) is 26.7 Å². The highest BCUT2D eigenvalue weighted by molar-refractivity contribution is 7.90. The third-order valence-corrected chi connectivity index (χ3v) is 5.46. The van der Waals surface area contributed by atoms with Crippen LogP contribution in [0.5, 0.6) is 5.75 Å². The molecule has 142 valence electrons. The van der Waals surface area contributed by atoms with E-state index in [-0.39, 0.29) is 23.2 Å². The van der Waals surface area contributed by atoms with Gasteiger partial charge in [-0.3, -0.25) is 4.79 Å². The van der Waals surface area contributed by atoms with Gasteiger partial charge in [0.2, 0.25) is 5.91 Å². The molecular weight excluding hydrogens is 366 g/mol. The monoisotopic (exact) mass is 387 g/mol. The minimum atomic E-state index is -3.70. The normalized spacial score (nSPS) is 14.2. The van der Waals surface area contributed by atoms with Gasteiger partial charge in [-0.2, -0.15) is 8.42 Å². The summed E-state index contributed by atoms with van der Waals surface area (Å²) in [4.78, 5) is 13.8. The Bertz CT molecular complexity index is 986. The topological polar surface area (TPSA) is 88.1 Å². The van der Waals surface area contributed by atoms with Crippen LogP contribution in [0.3, 0.4) is 0 Å². The zero-order valence-electron chi connectivity index (χ0n) is 15.2. The number of nitrogens with one attached hydrogen (secondary N) is 1. The SMILES string of the molecule is Cc1ccccc1OCCNC(=O)CN(C)C1=NS(=O)(=O)c2ccccc21. The number of amidine groups is 1. The van der Waals surface area contributed by atoms with Crippen molar-refractivity contribution in [1.29, 1.82) is 0 Å². The molecule has 3 rings (SSSR count). The molecule has 1 aliphatic rings. The Balaban J connectivity index is 1.52. The largest absolute Gasteiger partial charge is 0.491 e. The lowest BCUT2D eigenvalue weighted by molar-refractivity contribution is -0.121. The Morgan fingerprint density at radius 1 is 1.15 bits per heavy atom. The van der Waals surface area contributed by atoms with E-state index in [9.17, 15) is 13.2 Å². The fourth-order valence-electron chi connectivity index (χ4n) is 2.78. The molecular formula is C19H21N3O4S. The summed E-state index contributed by atoms with van der Waals surface area (Å²) in [5.74, 6) is 0.818. The molecule has 1 N–H and O–H groups in total. The molecule has 0 unspecified atom stereocenters. The van der Waals surface area contributed by atoms with Crippen molar-refractivity contribution in [1.82, 2.24) is 10.2 Å². The molecule has 0 aromatic heterocycles. The lowest BCUT2D eigenvalue weighted by atomic mass is 10.2. The Labute approximate surface area is 158 Å². The van der Waals surface area contributed by atoms with E-state index in [0.717, 1.165) is 11.3 Å². The summed E-state index contributed by atoms with van der Waals surface area (Å²) in [6, 6.07) is 14.2. The minimum Gasteiger partial charge on any atom is -0.491 e. The van der Waals surface area contributed by atoms with Gasteiger partial charge in [0.1, 0.15) is 17.3 Å². The minimum absolute atomic E-state index is 0.00689. The second kappa shape index (κ2) is 7.79. The predicted octanol–water partition coefficient (Wildman–Crippen LogP) is 1.57. The molecule has 0 saturated carbocycles. The number of likely N-dealkylation sites (N-methyl/N-ethyl adjacent to an activating group) is 1. The number of carbonyl (C=O) groups is 1. The third-order valence-electron chi connectivity index (χ3n) is 4.13. The van der Waals surface area contributed by atoms with Gasteiger partial charge in [-0.1, -0.05) is 30.3 Å². The second-order valence-electron chi connectivity index (χ2n) is 6.21. The first-order valence-corrected chi connectivity index (χ1v) is 9.93. The van der Waals surface area contributed by atoms with Gasteiger partial charge in [-0.15, -0.1) is 4.40 Å². The number of sulfonamides is 1. The number of benzene rings is 2. The number of fused-ring (bicyclic) bond motifs is 1. The predicted molar refractivity (Wildman–Crippen MR) is 102 cm³/mol. The standard InChI is InChI=1S/C19H21N3O4S/c1-14-7-3-5-9-16(14)26-12-11-20-18(23)13-22(2)19-15-8-4-6-10-17(15)27(24,25)21-19/h3-10H,11-13H2,1-2H3,(H,20,23). The molecule has 1 aliphatic heterocycles. The fourth-order valence-corrected chi connectivity index (χ4v) is 4.03. The zero-order chi connectivity index (χ0) is 19.4. The van der Waals surface area contributed by atoms with Crippen LogP contribution in [-0.4, -0.2) is 51.8 Å². The summed E-state index contributed by atoms with van der Waals surface area (Å²) in [5, 5.41) is 2.76. The Morgan fingerprint density at radius 2 is 1.85 bits per heavy atom. The number of nitrogens with zero attached hydrogens (tertiary/aromatic N) is 2. The van der Waals surface area contributed by atoms with Crippen molar-refractivity contribution >= 4 is 21.8 Å². The highest BCUT2D eigenvalue weighted by Gasteiger charge is 2.30. The number of amides is 1. The van der Waals surface area contributed by atoms with E-state index < -0.39 is 10.0 Å². The van der Waals surface area contributed by atoms with Crippen LogP contribution < -0.4 is 10.1 Å². The Morgan fingerprint density at radius 3 is 2.63 bits per heavy atom. The van der Waals surface area contributed by atoms with Crippen LogP contribution in [0.4, 0.5) is 0 Å². The van der Waals surface area contributed by atoms with Gasteiger partial charge in [0, 0.05) is 12.6 Å². The number of rotatable bonds is 6. The molecule has 7 nitrogen and oxygen atoms in total. The average Bonchev–Trinajstić information content (AvgIpc) is 2.92. The van der Waals surface area contributed by atoms with Crippen LogP contribution in [0, 0.1) is 6.92 Å². The van der Waals surface area contributed by atoms with Gasteiger partial charge in [-0.05, 0) is 30.7 Å². The zero-order valence-corrected chi connectivity index (χ0v) is 16.0. The molecule has 0 saturated heterocycles. The molecule has 0 radical (unpaired) electrons. The van der Waals surface area contributed by atoms with Gasteiger partial charge >= 0.3 is 0 Å². The summed E-state index contributed by atoms with van der Waals surface area (Å²) in [7, 11) is -2.06. The molecule has 0 aliphatic carbocycles. The van der Waals surface area contributed by atoms with Crippen LogP contribution in [0.25, 0.3) is 0 Å². The molecule has 0 spiro atoms.